The van der Waals surface area contributed by atoms with Crippen LogP contribution in [0, 0.1) is 0 Å². The molecule has 1 aliphatic rings. The van der Waals surface area contributed by atoms with Crippen molar-refractivity contribution in [2.45, 2.75) is 4.90 Å². The third-order valence-corrected chi connectivity index (χ3v) is 3.57. The first-order valence-corrected chi connectivity index (χ1v) is 6.67. The largest absolute Gasteiger partial charge is 0.363 e. The second kappa shape index (κ2) is 3.70. The van der Waals surface area contributed by atoms with Crippen molar-refractivity contribution in [2.24, 2.45) is 0 Å². The molecule has 0 saturated heterocycles. The van der Waals surface area contributed by atoms with Crippen LogP contribution in [-0.4, -0.2) is 27.8 Å². The molecule has 0 fully saturated rings. The SMILES string of the molecule is CS(=O)(=O)c1ccccc1N1CC=CC1. The molecule has 1 aromatic rings. The quantitative estimate of drug-likeness (QED) is 0.712. The molecule has 0 N–H and O–H groups in total. The Hall–Kier alpha value is -1.29. The molecule has 4 heteroatoms. The summed E-state index contributed by atoms with van der Waals surface area (Å²) < 4.78 is 23.1. The zero-order valence-corrected chi connectivity index (χ0v) is 9.37. The zero-order chi connectivity index (χ0) is 10.9. The van der Waals surface area contributed by atoms with Crippen LogP contribution in [0.5, 0.6) is 0 Å². The minimum Gasteiger partial charge on any atom is -0.363 e. The number of hydrogen-bond acceptors (Lipinski definition) is 3. The second-order valence-corrected chi connectivity index (χ2v) is 5.60. The zero-order valence-electron chi connectivity index (χ0n) is 8.55. The third-order valence-electron chi connectivity index (χ3n) is 2.42. The Bertz CT molecular complexity index is 483. The monoisotopic (exact) mass is 223 g/mol. The summed E-state index contributed by atoms with van der Waals surface area (Å²) in [5.74, 6) is 0. The maximum Gasteiger partial charge on any atom is 0.177 e. The van der Waals surface area contributed by atoms with Gasteiger partial charge < -0.3 is 4.90 Å². The smallest absolute Gasteiger partial charge is 0.177 e. The van der Waals surface area contributed by atoms with Gasteiger partial charge in [0.1, 0.15) is 0 Å². The molecule has 0 radical (unpaired) electrons. The second-order valence-electron chi connectivity index (χ2n) is 3.62. The Morgan fingerprint density at radius 1 is 1.13 bits per heavy atom. The standard InChI is InChI=1S/C11H13NO2S/c1-15(13,14)11-7-3-2-6-10(11)12-8-4-5-9-12/h2-7H,8-9H2,1H3. The Kier molecular flexibility index (Phi) is 2.52. The highest BCUT2D eigenvalue weighted by Crippen LogP contribution is 2.25. The van der Waals surface area contributed by atoms with E-state index in [1.165, 1.54) is 6.26 Å². The highest BCUT2D eigenvalue weighted by molar-refractivity contribution is 7.90. The first-order valence-electron chi connectivity index (χ1n) is 4.78. The van der Waals surface area contributed by atoms with E-state index in [2.05, 4.69) is 0 Å². The molecule has 0 atom stereocenters. The maximum atomic E-state index is 11.6. The molecule has 0 saturated carbocycles. The molecular weight excluding hydrogens is 210 g/mol. The summed E-state index contributed by atoms with van der Waals surface area (Å²) >= 11 is 0. The number of para-hydroxylation sites is 1. The normalized spacial score (nSPS) is 15.9. The van der Waals surface area contributed by atoms with Gasteiger partial charge in [-0.3, -0.25) is 0 Å². The number of benzene rings is 1. The highest BCUT2D eigenvalue weighted by Gasteiger charge is 2.17. The summed E-state index contributed by atoms with van der Waals surface area (Å²) in [5, 5.41) is 0. The fraction of sp³-hybridized carbons (Fsp3) is 0.273. The van der Waals surface area contributed by atoms with Gasteiger partial charge in [-0.15, -0.1) is 0 Å². The summed E-state index contributed by atoms with van der Waals surface area (Å²) in [6.07, 6.45) is 5.33. The molecule has 0 unspecified atom stereocenters. The minimum atomic E-state index is -3.14. The Labute approximate surface area is 89.9 Å². The average molecular weight is 223 g/mol. The predicted molar refractivity (Wildman–Crippen MR) is 60.9 cm³/mol. The van der Waals surface area contributed by atoms with Gasteiger partial charge in [-0.05, 0) is 12.1 Å². The van der Waals surface area contributed by atoms with Crippen molar-refractivity contribution in [3.8, 4) is 0 Å². The summed E-state index contributed by atoms with van der Waals surface area (Å²) in [5.41, 5.74) is 0.796. The Balaban J connectivity index is 2.47. The van der Waals surface area contributed by atoms with Crippen LogP contribution >= 0.6 is 0 Å². The van der Waals surface area contributed by atoms with Gasteiger partial charge in [0, 0.05) is 19.3 Å². The third kappa shape index (κ3) is 2.04. The van der Waals surface area contributed by atoms with Crippen molar-refractivity contribution >= 4 is 15.5 Å². The van der Waals surface area contributed by atoms with Crippen molar-refractivity contribution in [1.29, 1.82) is 0 Å². The van der Waals surface area contributed by atoms with Crippen molar-refractivity contribution < 1.29 is 8.42 Å². The lowest BCUT2D eigenvalue weighted by atomic mass is 10.3. The van der Waals surface area contributed by atoms with E-state index < -0.39 is 9.84 Å². The van der Waals surface area contributed by atoms with Gasteiger partial charge in [0.25, 0.3) is 0 Å². The van der Waals surface area contributed by atoms with Gasteiger partial charge in [0.15, 0.2) is 9.84 Å². The van der Waals surface area contributed by atoms with Crippen LogP contribution in [0.2, 0.25) is 0 Å². The topological polar surface area (TPSA) is 37.4 Å². The maximum absolute atomic E-state index is 11.6. The van der Waals surface area contributed by atoms with E-state index in [0.717, 1.165) is 18.8 Å². The summed E-state index contributed by atoms with van der Waals surface area (Å²) in [6, 6.07) is 7.12. The molecule has 1 aliphatic heterocycles. The molecule has 3 nitrogen and oxygen atoms in total. The fourth-order valence-electron chi connectivity index (χ4n) is 1.71. The first-order chi connectivity index (χ1) is 7.09. The first kappa shape index (κ1) is 10.2. The minimum absolute atomic E-state index is 0.411. The van der Waals surface area contributed by atoms with Gasteiger partial charge in [-0.25, -0.2) is 8.42 Å². The summed E-state index contributed by atoms with van der Waals surface area (Å²) in [4.78, 5) is 2.45. The van der Waals surface area contributed by atoms with Gasteiger partial charge >= 0.3 is 0 Å². The molecule has 1 aromatic carbocycles. The predicted octanol–water partition coefficient (Wildman–Crippen LogP) is 1.47. The highest BCUT2D eigenvalue weighted by atomic mass is 32.2. The van der Waals surface area contributed by atoms with E-state index in [1.807, 2.05) is 29.2 Å². The molecule has 1 heterocycles. The van der Waals surface area contributed by atoms with Crippen molar-refractivity contribution in [2.75, 3.05) is 24.2 Å². The Morgan fingerprint density at radius 3 is 2.33 bits per heavy atom. The number of rotatable bonds is 2. The molecule has 0 aliphatic carbocycles. The van der Waals surface area contributed by atoms with Gasteiger partial charge in [-0.1, -0.05) is 24.3 Å². The Morgan fingerprint density at radius 2 is 1.73 bits per heavy atom. The lowest BCUT2D eigenvalue weighted by Gasteiger charge is -2.20. The van der Waals surface area contributed by atoms with Crippen LogP contribution in [0.1, 0.15) is 0 Å². The van der Waals surface area contributed by atoms with Crippen molar-refractivity contribution in [1.82, 2.24) is 0 Å². The number of nitrogens with zero attached hydrogens (tertiary/aromatic N) is 1. The van der Waals surface area contributed by atoms with Crippen molar-refractivity contribution in [3.63, 3.8) is 0 Å². The van der Waals surface area contributed by atoms with Crippen LogP contribution in [0.4, 0.5) is 5.69 Å². The summed E-state index contributed by atoms with van der Waals surface area (Å²) in [6.45, 7) is 1.57. The number of anilines is 1. The van der Waals surface area contributed by atoms with E-state index in [1.54, 1.807) is 12.1 Å². The van der Waals surface area contributed by atoms with Crippen LogP contribution in [-0.2, 0) is 9.84 Å². The average Bonchev–Trinajstić information content (AvgIpc) is 2.69. The van der Waals surface area contributed by atoms with E-state index in [-0.39, 0.29) is 0 Å². The van der Waals surface area contributed by atoms with Gasteiger partial charge in [0.2, 0.25) is 0 Å². The van der Waals surface area contributed by atoms with E-state index in [4.69, 9.17) is 0 Å². The van der Waals surface area contributed by atoms with E-state index in [0.29, 0.717) is 4.90 Å². The van der Waals surface area contributed by atoms with E-state index >= 15 is 0 Å². The van der Waals surface area contributed by atoms with Gasteiger partial charge in [0.05, 0.1) is 10.6 Å². The number of hydrogen-bond donors (Lipinski definition) is 0. The van der Waals surface area contributed by atoms with Crippen LogP contribution in [0.15, 0.2) is 41.3 Å². The molecule has 0 spiro atoms. The summed E-state index contributed by atoms with van der Waals surface area (Å²) in [7, 11) is -3.14. The molecule has 0 aromatic heterocycles. The van der Waals surface area contributed by atoms with Crippen molar-refractivity contribution in [3.05, 3.63) is 36.4 Å². The molecule has 0 amide bonds. The lowest BCUT2D eigenvalue weighted by molar-refractivity contribution is 0.601. The molecule has 0 bridgehead atoms. The molecule has 15 heavy (non-hydrogen) atoms. The lowest BCUT2D eigenvalue weighted by Crippen LogP contribution is -2.20. The molecular formula is C11H13NO2S. The molecule has 2 rings (SSSR count). The van der Waals surface area contributed by atoms with Crippen LogP contribution < -0.4 is 4.90 Å². The van der Waals surface area contributed by atoms with Crippen LogP contribution in [0.3, 0.4) is 0 Å². The van der Waals surface area contributed by atoms with E-state index in [9.17, 15) is 8.42 Å². The van der Waals surface area contributed by atoms with Crippen LogP contribution in [0.25, 0.3) is 0 Å². The molecule has 80 valence electrons. The fourth-order valence-corrected chi connectivity index (χ4v) is 2.61. The number of sulfone groups is 1. The van der Waals surface area contributed by atoms with Gasteiger partial charge in [-0.2, -0.15) is 0 Å².